The normalized spacial score (nSPS) is 19.7. The second-order valence-corrected chi connectivity index (χ2v) is 9.15. The molecule has 1 aliphatic rings. The molecule has 0 bridgehead atoms. The number of carbonyl (C=O) groups excluding carboxylic acids is 3. The molecule has 0 spiro atoms. The summed E-state index contributed by atoms with van der Waals surface area (Å²) in [6, 6.07) is 7.96. The zero-order valence-corrected chi connectivity index (χ0v) is 19.0. The Morgan fingerprint density at radius 2 is 1.70 bits per heavy atom. The molecule has 2 rings (SSSR count). The van der Waals surface area contributed by atoms with Gasteiger partial charge in [-0.1, -0.05) is 51.1 Å². The molecule has 0 radical (unpaired) electrons. The van der Waals surface area contributed by atoms with E-state index in [-0.39, 0.29) is 23.8 Å². The monoisotopic (exact) mass is 416 g/mol. The van der Waals surface area contributed by atoms with E-state index in [9.17, 15) is 14.4 Å². The first-order valence-corrected chi connectivity index (χ1v) is 10.7. The summed E-state index contributed by atoms with van der Waals surface area (Å²) in [5, 5.41) is 8.82. The summed E-state index contributed by atoms with van der Waals surface area (Å²) < 4.78 is 0. The smallest absolute Gasteiger partial charge is 0.246 e. The van der Waals surface area contributed by atoms with E-state index in [1.807, 2.05) is 58.0 Å². The fourth-order valence-electron chi connectivity index (χ4n) is 3.65. The summed E-state index contributed by atoms with van der Waals surface area (Å²) in [7, 11) is 1.70. The molecule has 0 aliphatic carbocycles. The van der Waals surface area contributed by atoms with Crippen molar-refractivity contribution < 1.29 is 14.4 Å². The maximum Gasteiger partial charge on any atom is 0.246 e. The molecule has 1 heterocycles. The Labute approximate surface area is 180 Å². The van der Waals surface area contributed by atoms with Gasteiger partial charge in [-0.2, -0.15) is 0 Å². The number of benzene rings is 1. The van der Waals surface area contributed by atoms with Crippen LogP contribution in [0.25, 0.3) is 0 Å². The molecule has 0 unspecified atom stereocenters. The van der Waals surface area contributed by atoms with Gasteiger partial charge in [0, 0.05) is 6.54 Å². The van der Waals surface area contributed by atoms with E-state index < -0.39 is 23.5 Å². The van der Waals surface area contributed by atoms with Gasteiger partial charge < -0.3 is 20.9 Å². The van der Waals surface area contributed by atoms with Crippen LogP contribution in [-0.4, -0.2) is 54.3 Å². The van der Waals surface area contributed by atoms with Gasteiger partial charge in [0.2, 0.25) is 17.7 Å². The zero-order chi connectivity index (χ0) is 22.5. The van der Waals surface area contributed by atoms with Gasteiger partial charge in [0.25, 0.3) is 0 Å². The van der Waals surface area contributed by atoms with Crippen molar-refractivity contribution >= 4 is 17.7 Å². The van der Waals surface area contributed by atoms with E-state index in [2.05, 4.69) is 16.0 Å². The fourth-order valence-corrected chi connectivity index (χ4v) is 3.65. The molecule has 1 fully saturated rings. The van der Waals surface area contributed by atoms with E-state index in [0.717, 1.165) is 12.0 Å². The number of rotatable bonds is 7. The third-order valence-corrected chi connectivity index (χ3v) is 5.72. The first kappa shape index (κ1) is 23.9. The number of carbonyl (C=O) groups is 3. The predicted molar refractivity (Wildman–Crippen MR) is 118 cm³/mol. The molecule has 4 atom stereocenters. The Bertz CT molecular complexity index is 745. The second kappa shape index (κ2) is 10.1. The number of hydrogen-bond donors (Lipinski definition) is 3. The van der Waals surface area contributed by atoms with E-state index in [0.29, 0.717) is 13.0 Å². The van der Waals surface area contributed by atoms with Crippen LogP contribution in [0.1, 0.15) is 59.1 Å². The molecule has 30 heavy (non-hydrogen) atoms. The summed E-state index contributed by atoms with van der Waals surface area (Å²) >= 11 is 0. The van der Waals surface area contributed by atoms with Crippen LogP contribution in [0.4, 0.5) is 0 Å². The Morgan fingerprint density at radius 1 is 1.07 bits per heavy atom. The number of hydrogen-bond acceptors (Lipinski definition) is 4. The molecule has 1 aromatic rings. The third kappa shape index (κ3) is 5.81. The van der Waals surface area contributed by atoms with Crippen LogP contribution >= 0.6 is 0 Å². The Morgan fingerprint density at radius 3 is 2.27 bits per heavy atom. The van der Waals surface area contributed by atoms with Crippen molar-refractivity contribution in [2.45, 2.75) is 71.6 Å². The van der Waals surface area contributed by atoms with Crippen LogP contribution in [0.2, 0.25) is 0 Å². The van der Waals surface area contributed by atoms with Crippen molar-refractivity contribution in [3.8, 4) is 0 Å². The third-order valence-electron chi connectivity index (χ3n) is 5.72. The fraction of sp³-hybridized carbons (Fsp3) is 0.609. The lowest BCUT2D eigenvalue weighted by Gasteiger charge is -2.36. The number of nitrogens with one attached hydrogen (secondary N) is 3. The molecule has 1 aliphatic heterocycles. The maximum absolute atomic E-state index is 13.4. The van der Waals surface area contributed by atoms with Gasteiger partial charge in [-0.05, 0) is 44.7 Å². The van der Waals surface area contributed by atoms with Crippen molar-refractivity contribution in [2.24, 2.45) is 5.41 Å². The van der Waals surface area contributed by atoms with Crippen LogP contribution in [0.5, 0.6) is 0 Å². The van der Waals surface area contributed by atoms with Gasteiger partial charge in [0.15, 0.2) is 0 Å². The largest absolute Gasteiger partial charge is 0.348 e. The van der Waals surface area contributed by atoms with Crippen LogP contribution < -0.4 is 16.0 Å². The summed E-state index contributed by atoms with van der Waals surface area (Å²) in [5.41, 5.74) is 0.531. The van der Waals surface area contributed by atoms with Gasteiger partial charge in [0.05, 0.1) is 12.1 Å². The van der Waals surface area contributed by atoms with Crippen molar-refractivity contribution in [3.05, 3.63) is 35.9 Å². The average molecular weight is 417 g/mol. The topological polar surface area (TPSA) is 90.5 Å². The first-order chi connectivity index (χ1) is 14.1. The van der Waals surface area contributed by atoms with Crippen LogP contribution in [0.3, 0.4) is 0 Å². The minimum absolute atomic E-state index is 0.147. The Balaban J connectivity index is 2.13. The number of amides is 3. The minimum atomic E-state index is -0.708. The summed E-state index contributed by atoms with van der Waals surface area (Å²) in [4.78, 5) is 40.5. The van der Waals surface area contributed by atoms with Crippen LogP contribution in [0.15, 0.2) is 30.3 Å². The van der Waals surface area contributed by atoms with Gasteiger partial charge in [0.1, 0.15) is 12.1 Å². The van der Waals surface area contributed by atoms with Gasteiger partial charge in [-0.3, -0.25) is 14.4 Å². The van der Waals surface area contributed by atoms with Crippen molar-refractivity contribution in [3.63, 3.8) is 0 Å². The molecule has 166 valence electrons. The maximum atomic E-state index is 13.4. The molecule has 1 aromatic carbocycles. The van der Waals surface area contributed by atoms with Gasteiger partial charge in [-0.25, -0.2) is 0 Å². The van der Waals surface area contributed by atoms with Gasteiger partial charge >= 0.3 is 0 Å². The lowest BCUT2D eigenvalue weighted by Crippen LogP contribution is -2.59. The molecular formula is C23H36N4O3. The van der Waals surface area contributed by atoms with Crippen LogP contribution in [-0.2, 0) is 14.4 Å². The minimum Gasteiger partial charge on any atom is -0.348 e. The average Bonchev–Trinajstić information content (AvgIpc) is 3.20. The van der Waals surface area contributed by atoms with E-state index in [4.69, 9.17) is 0 Å². The SMILES string of the molecule is CN[C@@H](C)C(=O)N[C@H](C(=O)N1CCC[C@H]1C(=O)N[C@H](C)c1ccccc1)C(C)(C)C. The van der Waals surface area contributed by atoms with Crippen LogP contribution in [0, 0.1) is 5.41 Å². The lowest BCUT2D eigenvalue weighted by atomic mass is 9.85. The number of nitrogens with zero attached hydrogens (tertiary/aromatic N) is 1. The standard InChI is InChI=1S/C23H36N4O3/c1-15(17-11-8-7-9-12-17)25-21(29)18-13-10-14-27(18)22(30)19(23(3,4)5)26-20(28)16(2)24-6/h7-9,11-12,15-16,18-19,24H,10,13-14H2,1-6H3,(H,25,29)(H,26,28)/t15-,16+,18+,19-/m1/s1. The highest BCUT2D eigenvalue weighted by Crippen LogP contribution is 2.26. The van der Waals surface area contributed by atoms with E-state index >= 15 is 0 Å². The molecule has 3 N–H and O–H groups in total. The number of likely N-dealkylation sites (N-methyl/N-ethyl adjacent to an activating group) is 1. The first-order valence-electron chi connectivity index (χ1n) is 10.7. The molecule has 3 amide bonds. The van der Waals surface area contributed by atoms with E-state index in [1.54, 1.807) is 18.9 Å². The molecule has 7 nitrogen and oxygen atoms in total. The van der Waals surface area contributed by atoms with Crippen molar-refractivity contribution in [1.29, 1.82) is 0 Å². The molecule has 0 aromatic heterocycles. The quantitative estimate of drug-likeness (QED) is 0.634. The molecule has 0 saturated carbocycles. The molecular weight excluding hydrogens is 380 g/mol. The van der Waals surface area contributed by atoms with Crippen molar-refractivity contribution in [2.75, 3.05) is 13.6 Å². The Hall–Kier alpha value is -2.41. The zero-order valence-electron chi connectivity index (χ0n) is 19.0. The summed E-state index contributed by atoms with van der Waals surface area (Å²) in [6.45, 7) is 9.95. The van der Waals surface area contributed by atoms with Gasteiger partial charge in [-0.15, -0.1) is 0 Å². The molecule has 1 saturated heterocycles. The highest BCUT2D eigenvalue weighted by atomic mass is 16.2. The summed E-state index contributed by atoms with van der Waals surface area (Å²) in [5.74, 6) is -0.590. The highest BCUT2D eigenvalue weighted by Gasteiger charge is 2.42. The number of likely N-dealkylation sites (tertiary alicyclic amines) is 1. The Kier molecular flexibility index (Phi) is 8.01. The second-order valence-electron chi connectivity index (χ2n) is 9.15. The lowest BCUT2D eigenvalue weighted by molar-refractivity contribution is -0.144. The van der Waals surface area contributed by atoms with E-state index in [1.165, 1.54) is 0 Å². The highest BCUT2D eigenvalue weighted by molar-refractivity contribution is 5.94. The van der Waals surface area contributed by atoms with Crippen molar-refractivity contribution in [1.82, 2.24) is 20.9 Å². The molecule has 7 heteroatoms. The predicted octanol–water partition coefficient (Wildman–Crippen LogP) is 1.99. The summed E-state index contributed by atoms with van der Waals surface area (Å²) in [6.07, 6.45) is 1.39.